The first-order chi connectivity index (χ1) is 13.3. The molecule has 28 heavy (non-hydrogen) atoms. The molecule has 0 saturated carbocycles. The lowest BCUT2D eigenvalue weighted by atomic mass is 10.0. The van der Waals surface area contributed by atoms with Gasteiger partial charge in [0.25, 0.3) is 0 Å². The molecule has 0 saturated heterocycles. The quantitative estimate of drug-likeness (QED) is 0.114. The summed E-state index contributed by atoms with van der Waals surface area (Å²) in [7, 11) is 0.398. The number of rotatable bonds is 23. The molecule has 0 unspecified atom stereocenters. The average Bonchev–Trinajstić information content (AvgIpc) is 2.69. The zero-order valence-corrected chi connectivity index (χ0v) is 21.0. The molecule has 0 spiro atoms. The van der Waals surface area contributed by atoms with Crippen LogP contribution in [-0.4, -0.2) is 18.5 Å². The van der Waals surface area contributed by atoms with E-state index in [1.165, 1.54) is 141 Å². The SMILES string of the molecule is CCCCCCCCCCCCCCCCCCCCCCP(CC)CC.F. The Bertz CT molecular complexity index is 253. The van der Waals surface area contributed by atoms with Crippen molar-refractivity contribution in [3.63, 3.8) is 0 Å². The molecule has 0 aliphatic heterocycles. The van der Waals surface area contributed by atoms with Crippen LogP contribution in [0.4, 0.5) is 4.70 Å². The fraction of sp³-hybridized carbons (Fsp3) is 1.00. The minimum atomic E-state index is 0. The molecule has 0 amide bonds. The topological polar surface area (TPSA) is 0 Å². The molecule has 0 aromatic rings. The summed E-state index contributed by atoms with van der Waals surface area (Å²) in [5.74, 6) is 0. The lowest BCUT2D eigenvalue weighted by Gasteiger charge is -2.12. The van der Waals surface area contributed by atoms with E-state index in [-0.39, 0.29) is 4.70 Å². The van der Waals surface area contributed by atoms with Crippen LogP contribution in [0.2, 0.25) is 0 Å². The van der Waals surface area contributed by atoms with Gasteiger partial charge in [0.15, 0.2) is 0 Å². The monoisotopic (exact) mass is 418 g/mol. The van der Waals surface area contributed by atoms with Crippen LogP contribution in [0.5, 0.6) is 0 Å². The molecule has 0 N–H and O–H groups in total. The molecule has 0 aromatic carbocycles. The van der Waals surface area contributed by atoms with Gasteiger partial charge in [0, 0.05) is 0 Å². The van der Waals surface area contributed by atoms with Crippen molar-refractivity contribution in [1.29, 1.82) is 0 Å². The van der Waals surface area contributed by atoms with E-state index < -0.39 is 0 Å². The summed E-state index contributed by atoms with van der Waals surface area (Å²) in [5.41, 5.74) is 0. The van der Waals surface area contributed by atoms with Crippen molar-refractivity contribution < 1.29 is 4.70 Å². The Morgan fingerprint density at radius 3 is 0.857 bits per heavy atom. The summed E-state index contributed by atoms with van der Waals surface area (Å²) in [6, 6.07) is 0. The fourth-order valence-electron chi connectivity index (χ4n) is 4.13. The first kappa shape index (κ1) is 30.6. The van der Waals surface area contributed by atoms with Crippen molar-refractivity contribution in [2.45, 2.75) is 149 Å². The molecule has 2 heteroatoms. The molecule has 0 aliphatic carbocycles. The molecule has 0 rings (SSSR count). The molecule has 0 bridgehead atoms. The lowest BCUT2D eigenvalue weighted by molar-refractivity contribution is 0.523. The summed E-state index contributed by atoms with van der Waals surface area (Å²) >= 11 is 0. The van der Waals surface area contributed by atoms with E-state index in [0.29, 0.717) is 7.92 Å². The van der Waals surface area contributed by atoms with E-state index in [9.17, 15) is 0 Å². The van der Waals surface area contributed by atoms with Crippen molar-refractivity contribution in [3.05, 3.63) is 0 Å². The number of unbranched alkanes of at least 4 members (excludes halogenated alkanes) is 19. The second-order valence-electron chi connectivity index (χ2n) is 8.74. The van der Waals surface area contributed by atoms with E-state index >= 15 is 0 Å². The van der Waals surface area contributed by atoms with Gasteiger partial charge in [-0.3, -0.25) is 4.70 Å². The van der Waals surface area contributed by atoms with Crippen molar-refractivity contribution >= 4 is 7.92 Å². The van der Waals surface area contributed by atoms with Crippen molar-refractivity contribution in [2.24, 2.45) is 0 Å². The van der Waals surface area contributed by atoms with Crippen LogP contribution in [0.25, 0.3) is 0 Å². The Morgan fingerprint density at radius 1 is 0.357 bits per heavy atom. The Labute approximate surface area is 180 Å². The fourth-order valence-corrected chi connectivity index (χ4v) is 5.88. The molecule has 0 atom stereocenters. The highest BCUT2D eigenvalue weighted by atomic mass is 31.1. The molecule has 0 aromatic heterocycles. The van der Waals surface area contributed by atoms with Crippen LogP contribution in [0, 0.1) is 0 Å². The van der Waals surface area contributed by atoms with Gasteiger partial charge < -0.3 is 0 Å². The standard InChI is InChI=1S/C26H55P.FH/c1-4-7-8-9-10-11-12-13-14-15-16-17-18-19-20-21-22-23-24-25-26-27(5-2)6-3;/h4-26H2,1-3H3;1H. The largest absolute Gasteiger partial charge is 0.269 e. The van der Waals surface area contributed by atoms with E-state index in [2.05, 4.69) is 20.8 Å². The maximum Gasteiger partial charge on any atom is -0.0326 e. The Kier molecular flexibility index (Phi) is 29.9. The van der Waals surface area contributed by atoms with Gasteiger partial charge >= 0.3 is 0 Å². The molecule has 0 radical (unpaired) electrons. The van der Waals surface area contributed by atoms with Crippen LogP contribution in [0.1, 0.15) is 149 Å². The van der Waals surface area contributed by atoms with E-state index in [0.717, 1.165) is 0 Å². The minimum absolute atomic E-state index is 0. The lowest BCUT2D eigenvalue weighted by Crippen LogP contribution is -1.90. The van der Waals surface area contributed by atoms with E-state index in [4.69, 9.17) is 0 Å². The summed E-state index contributed by atoms with van der Waals surface area (Å²) in [6.45, 7) is 7.07. The Balaban J connectivity index is 0. The third kappa shape index (κ3) is 24.4. The average molecular weight is 419 g/mol. The Hall–Kier alpha value is 0.360. The third-order valence-corrected chi connectivity index (χ3v) is 8.96. The molecule has 0 heterocycles. The van der Waals surface area contributed by atoms with Crippen molar-refractivity contribution in [2.75, 3.05) is 18.5 Å². The molecular formula is C26H56FP. The predicted molar refractivity (Wildman–Crippen MR) is 133 cm³/mol. The normalized spacial score (nSPS) is 11.1. The zero-order valence-electron chi connectivity index (χ0n) is 20.1. The minimum Gasteiger partial charge on any atom is -0.269 e. The number of hydrogen-bond donors (Lipinski definition) is 0. The number of halogens is 1. The molecule has 0 fully saturated rings. The van der Waals surface area contributed by atoms with Crippen LogP contribution in [0.15, 0.2) is 0 Å². The van der Waals surface area contributed by atoms with Crippen LogP contribution in [0.3, 0.4) is 0 Å². The first-order valence-corrected chi connectivity index (χ1v) is 15.0. The maximum absolute atomic E-state index is 2.38. The highest BCUT2D eigenvalue weighted by Crippen LogP contribution is 2.35. The predicted octanol–water partition coefficient (Wildman–Crippen LogP) is 10.5. The van der Waals surface area contributed by atoms with Gasteiger partial charge in [-0.1, -0.05) is 143 Å². The van der Waals surface area contributed by atoms with Crippen molar-refractivity contribution in [3.8, 4) is 0 Å². The highest BCUT2D eigenvalue weighted by Gasteiger charge is 2.01. The van der Waals surface area contributed by atoms with Crippen LogP contribution >= 0.6 is 7.92 Å². The zero-order chi connectivity index (χ0) is 19.8. The van der Waals surface area contributed by atoms with Gasteiger partial charge in [0.2, 0.25) is 0 Å². The summed E-state index contributed by atoms with van der Waals surface area (Å²) < 4.78 is 0. The molecule has 0 nitrogen and oxygen atoms in total. The highest BCUT2D eigenvalue weighted by molar-refractivity contribution is 7.57. The molecule has 172 valence electrons. The van der Waals surface area contributed by atoms with Gasteiger partial charge in [0.05, 0.1) is 0 Å². The van der Waals surface area contributed by atoms with Gasteiger partial charge in [-0.05, 0) is 24.9 Å². The molecular weight excluding hydrogens is 362 g/mol. The smallest absolute Gasteiger partial charge is 0.0326 e. The maximum atomic E-state index is 2.38. The second kappa shape index (κ2) is 27.4. The summed E-state index contributed by atoms with van der Waals surface area (Å²) in [6.07, 6.45) is 34.1. The summed E-state index contributed by atoms with van der Waals surface area (Å²) in [4.78, 5) is 0. The van der Waals surface area contributed by atoms with Crippen LogP contribution < -0.4 is 0 Å². The van der Waals surface area contributed by atoms with Crippen molar-refractivity contribution in [1.82, 2.24) is 0 Å². The van der Waals surface area contributed by atoms with Crippen LogP contribution in [-0.2, 0) is 0 Å². The third-order valence-electron chi connectivity index (χ3n) is 6.22. The van der Waals surface area contributed by atoms with E-state index in [1.54, 1.807) is 6.16 Å². The Morgan fingerprint density at radius 2 is 0.607 bits per heavy atom. The molecule has 0 aliphatic rings. The van der Waals surface area contributed by atoms with Gasteiger partial charge in [0.1, 0.15) is 0 Å². The summed E-state index contributed by atoms with van der Waals surface area (Å²) in [5, 5.41) is 0. The van der Waals surface area contributed by atoms with Gasteiger partial charge in [-0.15, -0.1) is 7.92 Å². The van der Waals surface area contributed by atoms with E-state index in [1.807, 2.05) is 0 Å². The second-order valence-corrected chi connectivity index (χ2v) is 11.8. The number of hydrogen-bond acceptors (Lipinski definition) is 0. The van der Waals surface area contributed by atoms with Gasteiger partial charge in [-0.2, -0.15) is 0 Å². The first-order valence-electron chi connectivity index (χ1n) is 13.1. The van der Waals surface area contributed by atoms with Gasteiger partial charge in [-0.25, -0.2) is 0 Å².